The quantitative estimate of drug-likeness (QED) is 0.885. The Morgan fingerprint density at radius 3 is 2.37 bits per heavy atom. The van der Waals surface area contributed by atoms with E-state index in [1.165, 1.54) is 0 Å². The minimum atomic E-state index is -0.901. The van der Waals surface area contributed by atoms with E-state index in [0.717, 1.165) is 6.42 Å². The lowest BCUT2D eigenvalue weighted by molar-refractivity contribution is -0.138. The van der Waals surface area contributed by atoms with Gasteiger partial charge < -0.3 is 5.11 Å². The number of aryl methyl sites for hydroxylation is 1. The Kier molecular flexibility index (Phi) is 4.86. The smallest absolute Gasteiger partial charge is 0.347 e. The number of rotatable bonds is 5. The van der Waals surface area contributed by atoms with Crippen LogP contribution >= 0.6 is 0 Å². The first-order chi connectivity index (χ1) is 8.75. The Bertz CT molecular complexity index is 532. The van der Waals surface area contributed by atoms with E-state index in [1.54, 1.807) is 25.3 Å². The van der Waals surface area contributed by atoms with Crippen LogP contribution in [0.25, 0.3) is 0 Å². The lowest BCUT2D eigenvalue weighted by Crippen LogP contribution is -2.29. The first-order valence-electron chi connectivity index (χ1n) is 6.56. The lowest BCUT2D eigenvalue weighted by Gasteiger charge is -2.18. The molecule has 1 heterocycles. The summed E-state index contributed by atoms with van der Waals surface area (Å²) in [6.07, 6.45) is 0.867. The lowest BCUT2D eigenvalue weighted by atomic mass is 9.98. The van der Waals surface area contributed by atoms with Crippen molar-refractivity contribution in [1.82, 2.24) is 9.55 Å². The number of hydrogen-bond acceptors (Lipinski definition) is 3. The van der Waals surface area contributed by atoms with Crippen molar-refractivity contribution in [2.45, 2.75) is 53.5 Å². The van der Waals surface area contributed by atoms with E-state index in [4.69, 9.17) is 5.11 Å². The number of carboxylic acids is 1. The molecule has 1 unspecified atom stereocenters. The summed E-state index contributed by atoms with van der Waals surface area (Å²) in [7, 11) is 0. The van der Waals surface area contributed by atoms with E-state index < -0.39 is 11.9 Å². The minimum absolute atomic E-state index is 0.294. The highest BCUT2D eigenvalue weighted by molar-refractivity contribution is 5.76. The molecule has 0 aromatic carbocycles. The highest BCUT2D eigenvalue weighted by Gasteiger charge is 2.22. The Morgan fingerprint density at radius 1 is 1.32 bits per heavy atom. The molecule has 0 saturated carbocycles. The van der Waals surface area contributed by atoms with Crippen LogP contribution in [0.15, 0.2) is 4.79 Å². The van der Waals surface area contributed by atoms with Crippen molar-refractivity contribution >= 4 is 5.97 Å². The zero-order valence-corrected chi connectivity index (χ0v) is 12.2. The summed E-state index contributed by atoms with van der Waals surface area (Å²) in [5.74, 6) is -1.08. The molecule has 5 nitrogen and oxygen atoms in total. The van der Waals surface area contributed by atoms with E-state index in [1.807, 2.05) is 0 Å². The van der Waals surface area contributed by atoms with Crippen LogP contribution < -0.4 is 5.69 Å². The minimum Gasteiger partial charge on any atom is -0.481 e. The van der Waals surface area contributed by atoms with Gasteiger partial charge in [-0.15, -0.1) is 0 Å². The molecular weight excluding hydrogens is 244 g/mol. The van der Waals surface area contributed by atoms with Gasteiger partial charge in [0.15, 0.2) is 0 Å². The van der Waals surface area contributed by atoms with Crippen molar-refractivity contribution < 1.29 is 9.90 Å². The molecule has 5 heteroatoms. The molecule has 0 aliphatic heterocycles. The normalized spacial score (nSPS) is 12.7. The SMILES string of the molecule is Cc1nc(=O)n(CCC(C)C)c(C)c1C(C)C(=O)O. The molecule has 0 spiro atoms. The fourth-order valence-electron chi connectivity index (χ4n) is 2.22. The third-order valence-corrected chi connectivity index (χ3v) is 3.41. The monoisotopic (exact) mass is 266 g/mol. The largest absolute Gasteiger partial charge is 0.481 e. The molecule has 0 fully saturated rings. The molecule has 1 aromatic rings. The topological polar surface area (TPSA) is 72.2 Å². The van der Waals surface area contributed by atoms with Crippen LogP contribution in [0, 0.1) is 19.8 Å². The van der Waals surface area contributed by atoms with Crippen LogP contribution in [0.2, 0.25) is 0 Å². The maximum absolute atomic E-state index is 11.9. The molecule has 0 saturated heterocycles. The van der Waals surface area contributed by atoms with Crippen LogP contribution in [0.4, 0.5) is 0 Å². The Hall–Kier alpha value is -1.65. The summed E-state index contributed by atoms with van der Waals surface area (Å²) in [6.45, 7) is 9.86. The standard InChI is InChI=1S/C14H22N2O3/c1-8(2)6-7-16-11(5)12(9(3)13(17)18)10(4)15-14(16)19/h8-9H,6-7H2,1-5H3,(H,17,18). The predicted molar refractivity (Wildman–Crippen MR) is 73.5 cm³/mol. The van der Waals surface area contributed by atoms with Crippen molar-refractivity contribution in [2.75, 3.05) is 0 Å². The van der Waals surface area contributed by atoms with Gasteiger partial charge in [-0.2, -0.15) is 4.98 Å². The van der Waals surface area contributed by atoms with E-state index in [2.05, 4.69) is 18.8 Å². The Morgan fingerprint density at radius 2 is 1.89 bits per heavy atom. The number of nitrogens with zero attached hydrogens (tertiary/aromatic N) is 2. The molecule has 0 amide bonds. The third kappa shape index (κ3) is 3.43. The fourth-order valence-corrected chi connectivity index (χ4v) is 2.22. The van der Waals surface area contributed by atoms with Gasteiger partial charge in [-0.05, 0) is 33.1 Å². The molecule has 1 aromatic heterocycles. The first kappa shape index (κ1) is 15.4. The van der Waals surface area contributed by atoms with E-state index >= 15 is 0 Å². The summed E-state index contributed by atoms with van der Waals surface area (Å²) in [6, 6.07) is 0. The average molecular weight is 266 g/mol. The van der Waals surface area contributed by atoms with Gasteiger partial charge in [0.05, 0.1) is 5.92 Å². The van der Waals surface area contributed by atoms with Gasteiger partial charge >= 0.3 is 11.7 Å². The zero-order chi connectivity index (χ0) is 14.7. The van der Waals surface area contributed by atoms with Gasteiger partial charge in [0.25, 0.3) is 0 Å². The highest BCUT2D eigenvalue weighted by atomic mass is 16.4. The third-order valence-electron chi connectivity index (χ3n) is 3.41. The van der Waals surface area contributed by atoms with Gasteiger partial charge in [-0.1, -0.05) is 13.8 Å². The van der Waals surface area contributed by atoms with Gasteiger partial charge in [-0.25, -0.2) is 4.79 Å². The Labute approximate surface area is 113 Å². The van der Waals surface area contributed by atoms with Crippen LogP contribution in [0.1, 0.15) is 50.1 Å². The second-order valence-electron chi connectivity index (χ2n) is 5.37. The van der Waals surface area contributed by atoms with Crippen molar-refractivity contribution in [1.29, 1.82) is 0 Å². The highest BCUT2D eigenvalue weighted by Crippen LogP contribution is 2.21. The van der Waals surface area contributed by atoms with E-state index in [9.17, 15) is 9.59 Å². The van der Waals surface area contributed by atoms with Gasteiger partial charge in [0.1, 0.15) is 0 Å². The molecule has 1 rings (SSSR count). The summed E-state index contributed by atoms with van der Waals surface area (Å²) in [5.41, 5.74) is 1.58. The molecule has 19 heavy (non-hydrogen) atoms. The number of carboxylic acid groups (broad SMARTS) is 1. The predicted octanol–water partition coefficient (Wildman–Crippen LogP) is 2.09. The molecular formula is C14H22N2O3. The van der Waals surface area contributed by atoms with Crippen LogP contribution in [0.5, 0.6) is 0 Å². The second-order valence-corrected chi connectivity index (χ2v) is 5.37. The Balaban J connectivity index is 3.30. The number of hydrogen-bond donors (Lipinski definition) is 1. The van der Waals surface area contributed by atoms with Crippen molar-refractivity contribution in [3.63, 3.8) is 0 Å². The molecule has 0 bridgehead atoms. The van der Waals surface area contributed by atoms with Gasteiger partial charge in [0, 0.05) is 23.5 Å². The van der Waals surface area contributed by atoms with Crippen molar-refractivity contribution in [3.05, 3.63) is 27.4 Å². The van der Waals surface area contributed by atoms with E-state index in [-0.39, 0.29) is 5.69 Å². The first-order valence-corrected chi connectivity index (χ1v) is 6.56. The average Bonchev–Trinajstić information content (AvgIpc) is 2.27. The molecule has 0 aliphatic rings. The zero-order valence-electron chi connectivity index (χ0n) is 12.2. The maximum atomic E-state index is 11.9. The summed E-state index contributed by atoms with van der Waals surface area (Å²) in [5, 5.41) is 9.15. The van der Waals surface area contributed by atoms with Crippen LogP contribution in [-0.2, 0) is 11.3 Å². The number of aromatic nitrogens is 2. The molecule has 1 N–H and O–H groups in total. The molecule has 0 radical (unpaired) electrons. The van der Waals surface area contributed by atoms with E-state index in [0.29, 0.717) is 29.4 Å². The molecule has 106 valence electrons. The number of carbonyl (C=O) groups is 1. The van der Waals surface area contributed by atoms with Gasteiger partial charge in [0.2, 0.25) is 0 Å². The molecule has 0 aliphatic carbocycles. The summed E-state index contributed by atoms with van der Waals surface area (Å²) >= 11 is 0. The summed E-state index contributed by atoms with van der Waals surface area (Å²) in [4.78, 5) is 27.0. The van der Waals surface area contributed by atoms with Crippen LogP contribution in [-0.4, -0.2) is 20.6 Å². The van der Waals surface area contributed by atoms with Crippen molar-refractivity contribution in [2.24, 2.45) is 5.92 Å². The van der Waals surface area contributed by atoms with Gasteiger partial charge in [-0.3, -0.25) is 9.36 Å². The second kappa shape index (κ2) is 5.99. The fraction of sp³-hybridized carbons (Fsp3) is 0.643. The maximum Gasteiger partial charge on any atom is 0.347 e. The molecule has 1 atom stereocenters. The number of aliphatic carboxylic acids is 1. The van der Waals surface area contributed by atoms with Crippen molar-refractivity contribution in [3.8, 4) is 0 Å². The van der Waals surface area contributed by atoms with Crippen LogP contribution in [0.3, 0.4) is 0 Å². The summed E-state index contributed by atoms with van der Waals surface area (Å²) < 4.78 is 1.59.